The van der Waals surface area contributed by atoms with Gasteiger partial charge in [0.2, 0.25) is 15.9 Å². The predicted octanol–water partition coefficient (Wildman–Crippen LogP) is 0.313. The average Bonchev–Trinajstić information content (AvgIpc) is 3.10. The van der Waals surface area contributed by atoms with Crippen LogP contribution in [0.2, 0.25) is 0 Å². The smallest absolute Gasteiger partial charge is 0.243 e. The van der Waals surface area contributed by atoms with Crippen LogP contribution in [0.25, 0.3) is 0 Å². The molecule has 1 aromatic carbocycles. The number of nitrogens with zero attached hydrogens (tertiary/aromatic N) is 2. The van der Waals surface area contributed by atoms with Crippen molar-refractivity contribution in [2.75, 3.05) is 45.1 Å². The van der Waals surface area contributed by atoms with Crippen molar-refractivity contribution in [3.63, 3.8) is 0 Å². The van der Waals surface area contributed by atoms with Crippen molar-refractivity contribution in [1.82, 2.24) is 14.5 Å². The first-order valence-corrected chi connectivity index (χ1v) is 9.74. The molecule has 2 saturated heterocycles. The second-order valence-corrected chi connectivity index (χ2v) is 8.31. The number of carbonyl (C=O) groups excluding carboxylic acids is 1. The summed E-state index contributed by atoms with van der Waals surface area (Å²) >= 11 is 0. The second kappa shape index (κ2) is 7.18. The van der Waals surface area contributed by atoms with Gasteiger partial charge in [-0.3, -0.25) is 4.79 Å². The van der Waals surface area contributed by atoms with Crippen molar-refractivity contribution in [2.45, 2.75) is 23.8 Å². The van der Waals surface area contributed by atoms with Gasteiger partial charge in [-0.25, -0.2) is 8.42 Å². The summed E-state index contributed by atoms with van der Waals surface area (Å²) in [6.45, 7) is 3.27. The lowest BCUT2D eigenvalue weighted by molar-refractivity contribution is -0.117. The summed E-state index contributed by atoms with van der Waals surface area (Å²) in [5.41, 5.74) is 0.518. The van der Waals surface area contributed by atoms with Crippen molar-refractivity contribution in [1.29, 1.82) is 0 Å². The highest BCUT2D eigenvalue weighted by molar-refractivity contribution is 7.89. The maximum absolute atomic E-state index is 12.8. The normalized spacial score (nSPS) is 23.3. The third-order valence-electron chi connectivity index (χ3n) is 4.58. The molecular formula is C16H24N4O3S. The van der Waals surface area contributed by atoms with E-state index < -0.39 is 10.0 Å². The molecule has 0 bridgehead atoms. The zero-order valence-electron chi connectivity index (χ0n) is 13.9. The van der Waals surface area contributed by atoms with Gasteiger partial charge >= 0.3 is 0 Å². The maximum Gasteiger partial charge on any atom is 0.243 e. The van der Waals surface area contributed by atoms with E-state index in [1.54, 1.807) is 24.3 Å². The Labute approximate surface area is 143 Å². The average molecular weight is 352 g/mol. The van der Waals surface area contributed by atoms with Gasteiger partial charge in [-0.15, -0.1) is 0 Å². The lowest BCUT2D eigenvalue weighted by Gasteiger charge is -2.31. The van der Waals surface area contributed by atoms with E-state index in [0.29, 0.717) is 18.8 Å². The molecule has 1 atom stereocenters. The Morgan fingerprint density at radius 2 is 2.00 bits per heavy atom. The van der Waals surface area contributed by atoms with Gasteiger partial charge in [0, 0.05) is 31.9 Å². The van der Waals surface area contributed by atoms with E-state index in [4.69, 9.17) is 0 Å². The predicted molar refractivity (Wildman–Crippen MR) is 92.4 cm³/mol. The highest BCUT2D eigenvalue weighted by Gasteiger charge is 2.28. The number of hydrogen-bond acceptors (Lipinski definition) is 5. The molecule has 24 heavy (non-hydrogen) atoms. The zero-order valence-corrected chi connectivity index (χ0v) is 14.7. The SMILES string of the molecule is CN1CCN(S(=O)(=O)c2cccc(NC(=O)C3CCCN3)c2)CC1. The van der Waals surface area contributed by atoms with Crippen LogP contribution in [0, 0.1) is 0 Å². The van der Waals surface area contributed by atoms with Gasteiger partial charge in [0.05, 0.1) is 10.9 Å². The summed E-state index contributed by atoms with van der Waals surface area (Å²) in [7, 11) is -1.54. The molecule has 1 aromatic rings. The van der Waals surface area contributed by atoms with Crippen LogP contribution in [0.1, 0.15) is 12.8 Å². The number of rotatable bonds is 4. The number of nitrogens with one attached hydrogen (secondary N) is 2. The van der Waals surface area contributed by atoms with Crippen LogP contribution >= 0.6 is 0 Å². The molecule has 2 aliphatic heterocycles. The van der Waals surface area contributed by atoms with E-state index in [0.717, 1.165) is 32.5 Å². The Bertz CT molecular complexity index is 693. The monoisotopic (exact) mass is 352 g/mol. The van der Waals surface area contributed by atoms with E-state index in [9.17, 15) is 13.2 Å². The first kappa shape index (κ1) is 17.3. The number of likely N-dealkylation sites (N-methyl/N-ethyl adjacent to an activating group) is 1. The second-order valence-electron chi connectivity index (χ2n) is 6.37. The Morgan fingerprint density at radius 3 is 2.67 bits per heavy atom. The first-order chi connectivity index (χ1) is 11.5. The third kappa shape index (κ3) is 3.77. The first-order valence-electron chi connectivity index (χ1n) is 8.30. The standard InChI is InChI=1S/C16H24N4O3S/c1-19-8-10-20(11-9-19)24(22,23)14-5-2-4-13(12-14)18-16(21)15-6-3-7-17-15/h2,4-5,12,15,17H,3,6-11H2,1H3,(H,18,21). The van der Waals surface area contributed by atoms with Gasteiger partial charge in [0.25, 0.3) is 0 Å². The van der Waals surface area contributed by atoms with Crippen LogP contribution in [0.5, 0.6) is 0 Å². The molecule has 2 N–H and O–H groups in total. The largest absolute Gasteiger partial charge is 0.325 e. The minimum Gasteiger partial charge on any atom is -0.325 e. The van der Waals surface area contributed by atoms with Crippen molar-refractivity contribution in [2.24, 2.45) is 0 Å². The van der Waals surface area contributed by atoms with Gasteiger partial charge in [0.15, 0.2) is 0 Å². The molecule has 1 amide bonds. The molecule has 0 aliphatic carbocycles. The Kier molecular flexibility index (Phi) is 5.19. The number of carbonyl (C=O) groups is 1. The lowest BCUT2D eigenvalue weighted by atomic mass is 10.2. The quantitative estimate of drug-likeness (QED) is 0.815. The Balaban J connectivity index is 1.73. The number of sulfonamides is 1. The molecule has 0 saturated carbocycles. The minimum absolute atomic E-state index is 0.110. The van der Waals surface area contributed by atoms with E-state index in [1.807, 2.05) is 7.05 Å². The fourth-order valence-electron chi connectivity index (χ4n) is 3.05. The molecule has 0 spiro atoms. The highest BCUT2D eigenvalue weighted by atomic mass is 32.2. The Morgan fingerprint density at radius 1 is 1.25 bits per heavy atom. The van der Waals surface area contributed by atoms with Crippen LogP contribution in [-0.2, 0) is 14.8 Å². The lowest BCUT2D eigenvalue weighted by Crippen LogP contribution is -2.47. The number of amides is 1. The summed E-state index contributed by atoms with van der Waals surface area (Å²) < 4.78 is 27.0. The molecule has 2 heterocycles. The number of hydrogen-bond donors (Lipinski definition) is 2. The molecule has 7 nitrogen and oxygen atoms in total. The molecule has 3 rings (SSSR count). The Hall–Kier alpha value is -1.48. The fourth-order valence-corrected chi connectivity index (χ4v) is 4.52. The van der Waals surface area contributed by atoms with Crippen LogP contribution in [0.15, 0.2) is 29.2 Å². The van der Waals surface area contributed by atoms with Gasteiger partial charge in [0.1, 0.15) is 0 Å². The van der Waals surface area contributed by atoms with E-state index in [-0.39, 0.29) is 16.8 Å². The van der Waals surface area contributed by atoms with Crippen LogP contribution in [0.4, 0.5) is 5.69 Å². The molecule has 2 aliphatic rings. The van der Waals surface area contributed by atoms with Crippen molar-refractivity contribution >= 4 is 21.6 Å². The van der Waals surface area contributed by atoms with Gasteiger partial charge in [-0.2, -0.15) is 4.31 Å². The van der Waals surface area contributed by atoms with Crippen LogP contribution in [-0.4, -0.2) is 69.3 Å². The summed E-state index contributed by atoms with van der Waals surface area (Å²) in [4.78, 5) is 14.5. The van der Waals surface area contributed by atoms with Crippen LogP contribution in [0.3, 0.4) is 0 Å². The molecular weight excluding hydrogens is 328 g/mol. The van der Waals surface area contributed by atoms with Crippen molar-refractivity contribution in [3.05, 3.63) is 24.3 Å². The highest BCUT2D eigenvalue weighted by Crippen LogP contribution is 2.21. The summed E-state index contributed by atoms with van der Waals surface area (Å²) in [6, 6.07) is 6.32. The summed E-state index contributed by atoms with van der Waals surface area (Å²) in [6.07, 6.45) is 1.79. The minimum atomic E-state index is -3.52. The van der Waals surface area contributed by atoms with E-state index >= 15 is 0 Å². The van der Waals surface area contributed by atoms with Crippen LogP contribution < -0.4 is 10.6 Å². The van der Waals surface area contributed by atoms with Gasteiger partial charge in [-0.05, 0) is 44.6 Å². The van der Waals surface area contributed by atoms with Gasteiger partial charge in [-0.1, -0.05) is 6.07 Å². The number of anilines is 1. The van der Waals surface area contributed by atoms with Crippen molar-refractivity contribution in [3.8, 4) is 0 Å². The number of piperazine rings is 1. The van der Waals surface area contributed by atoms with Crippen molar-refractivity contribution < 1.29 is 13.2 Å². The third-order valence-corrected chi connectivity index (χ3v) is 6.47. The topological polar surface area (TPSA) is 81.8 Å². The summed E-state index contributed by atoms with van der Waals surface area (Å²) in [5, 5.41) is 5.95. The molecule has 132 valence electrons. The zero-order chi connectivity index (χ0) is 17.2. The van der Waals surface area contributed by atoms with E-state index in [2.05, 4.69) is 15.5 Å². The molecule has 0 radical (unpaired) electrons. The molecule has 8 heteroatoms. The fraction of sp³-hybridized carbons (Fsp3) is 0.562. The van der Waals surface area contributed by atoms with E-state index in [1.165, 1.54) is 4.31 Å². The molecule has 2 fully saturated rings. The molecule has 1 unspecified atom stereocenters. The number of benzene rings is 1. The molecule has 0 aromatic heterocycles. The van der Waals surface area contributed by atoms with Gasteiger partial charge < -0.3 is 15.5 Å². The maximum atomic E-state index is 12.8. The summed E-state index contributed by atoms with van der Waals surface area (Å²) in [5.74, 6) is -0.110.